The molecule has 0 bridgehead atoms. The molecule has 37 heavy (non-hydrogen) atoms. The van der Waals surface area contributed by atoms with Gasteiger partial charge in [0.2, 0.25) is 5.91 Å². The van der Waals surface area contributed by atoms with Crippen LogP contribution in [0.1, 0.15) is 35.4 Å². The number of carbonyl (C=O) groups excluding carboxylic acids is 2. The number of esters is 1. The minimum Gasteiger partial charge on any atom is -0.467 e. The highest BCUT2D eigenvalue weighted by atomic mass is 19.1. The minimum atomic E-state index is -0.682. The molecule has 0 spiro atoms. The van der Waals surface area contributed by atoms with Crippen LogP contribution in [0.25, 0.3) is 0 Å². The highest BCUT2D eigenvalue weighted by molar-refractivity contribution is 5.91. The Hall–Kier alpha value is -3.95. The zero-order valence-corrected chi connectivity index (χ0v) is 21.1. The average Bonchev–Trinajstić information content (AvgIpc) is 2.94. The summed E-state index contributed by atoms with van der Waals surface area (Å²) >= 11 is 0. The molecule has 4 rings (SSSR count). The number of methoxy groups -OCH3 is 1. The van der Waals surface area contributed by atoms with Gasteiger partial charge in [0.25, 0.3) is 0 Å². The second-order valence-electron chi connectivity index (χ2n) is 9.23. The molecule has 1 aliphatic rings. The maximum Gasteiger partial charge on any atom is 0.328 e. The SMILES string of the molecule is COC(=O)C1CC(N(C)CC#Cc2ccc(F)cc2)CCN1C(=O)C(c1ccccc1)c1ccccc1. The lowest BCUT2D eigenvalue weighted by Gasteiger charge is -2.42. The highest BCUT2D eigenvalue weighted by Crippen LogP contribution is 2.31. The van der Waals surface area contributed by atoms with Crippen LogP contribution in [0, 0.1) is 17.7 Å². The van der Waals surface area contributed by atoms with Gasteiger partial charge in [-0.15, -0.1) is 0 Å². The van der Waals surface area contributed by atoms with Gasteiger partial charge >= 0.3 is 5.97 Å². The molecule has 1 fully saturated rings. The van der Waals surface area contributed by atoms with Crippen molar-refractivity contribution in [3.8, 4) is 11.8 Å². The van der Waals surface area contributed by atoms with Crippen LogP contribution in [-0.2, 0) is 14.3 Å². The Balaban J connectivity index is 1.52. The molecule has 2 unspecified atom stereocenters. The molecule has 0 radical (unpaired) electrons. The number of ether oxygens (including phenoxy) is 1. The van der Waals surface area contributed by atoms with Gasteiger partial charge in [-0.25, -0.2) is 9.18 Å². The lowest BCUT2D eigenvalue weighted by molar-refractivity contribution is -0.156. The van der Waals surface area contributed by atoms with E-state index < -0.39 is 17.9 Å². The number of likely N-dealkylation sites (tertiary alicyclic amines) is 1. The van der Waals surface area contributed by atoms with Crippen LogP contribution in [0.4, 0.5) is 4.39 Å². The van der Waals surface area contributed by atoms with Crippen molar-refractivity contribution in [1.29, 1.82) is 0 Å². The average molecular weight is 499 g/mol. The predicted octanol–water partition coefficient (Wildman–Crippen LogP) is 4.47. The summed E-state index contributed by atoms with van der Waals surface area (Å²) in [7, 11) is 3.32. The molecule has 0 saturated carbocycles. The molecule has 1 aliphatic heterocycles. The summed E-state index contributed by atoms with van der Waals surface area (Å²) in [6.07, 6.45) is 1.17. The van der Waals surface area contributed by atoms with Crippen molar-refractivity contribution in [2.75, 3.05) is 27.2 Å². The Morgan fingerprint density at radius 2 is 1.59 bits per heavy atom. The van der Waals surface area contributed by atoms with E-state index in [2.05, 4.69) is 16.7 Å². The lowest BCUT2D eigenvalue weighted by atomic mass is 9.87. The van der Waals surface area contributed by atoms with Crippen molar-refractivity contribution >= 4 is 11.9 Å². The molecule has 1 saturated heterocycles. The fourth-order valence-electron chi connectivity index (χ4n) is 4.83. The molecule has 0 N–H and O–H groups in total. The van der Waals surface area contributed by atoms with Crippen LogP contribution in [0.2, 0.25) is 0 Å². The predicted molar refractivity (Wildman–Crippen MR) is 141 cm³/mol. The molecule has 5 nitrogen and oxygen atoms in total. The molecule has 3 aromatic rings. The van der Waals surface area contributed by atoms with Crippen LogP contribution in [0.3, 0.4) is 0 Å². The lowest BCUT2D eigenvalue weighted by Crippen LogP contribution is -2.55. The highest BCUT2D eigenvalue weighted by Gasteiger charge is 2.40. The first-order valence-corrected chi connectivity index (χ1v) is 12.4. The van der Waals surface area contributed by atoms with Gasteiger partial charge in [-0.05, 0) is 55.3 Å². The number of rotatable bonds is 6. The molecule has 2 atom stereocenters. The Kier molecular flexibility index (Phi) is 8.71. The molecular weight excluding hydrogens is 467 g/mol. The van der Waals surface area contributed by atoms with E-state index in [1.165, 1.54) is 19.2 Å². The van der Waals surface area contributed by atoms with Gasteiger partial charge in [0.05, 0.1) is 19.6 Å². The van der Waals surface area contributed by atoms with Gasteiger partial charge in [0, 0.05) is 18.2 Å². The standard InChI is InChI=1S/C31H31FN2O3/c1-33(20-9-10-23-15-17-26(32)18-16-23)27-19-21-34(28(22-27)31(36)37-2)30(35)29(24-11-5-3-6-12-24)25-13-7-4-8-14-25/h3-8,11-18,27-29H,19-22H2,1-2H3. The summed E-state index contributed by atoms with van der Waals surface area (Å²) in [6, 6.07) is 24.8. The monoisotopic (exact) mass is 498 g/mol. The van der Waals surface area contributed by atoms with Crippen LogP contribution in [0.5, 0.6) is 0 Å². The molecular formula is C31H31FN2O3. The van der Waals surface area contributed by atoms with E-state index in [0.29, 0.717) is 25.9 Å². The number of halogens is 1. The van der Waals surface area contributed by atoms with E-state index in [4.69, 9.17) is 4.74 Å². The Morgan fingerprint density at radius 1 is 1.00 bits per heavy atom. The van der Waals surface area contributed by atoms with Crippen molar-refractivity contribution in [3.05, 3.63) is 107 Å². The van der Waals surface area contributed by atoms with Gasteiger partial charge in [0.15, 0.2) is 0 Å². The first kappa shape index (κ1) is 26.1. The maximum absolute atomic E-state index is 14.0. The first-order valence-electron chi connectivity index (χ1n) is 12.4. The van der Waals surface area contributed by atoms with E-state index in [0.717, 1.165) is 16.7 Å². The molecule has 0 aromatic heterocycles. The zero-order valence-electron chi connectivity index (χ0n) is 21.1. The second-order valence-corrected chi connectivity index (χ2v) is 9.23. The van der Waals surface area contributed by atoms with E-state index in [1.54, 1.807) is 17.0 Å². The summed E-state index contributed by atoms with van der Waals surface area (Å²) in [5, 5.41) is 0. The first-order chi connectivity index (χ1) is 18.0. The Bertz CT molecular complexity index is 1210. The number of piperidine rings is 1. The Morgan fingerprint density at radius 3 is 2.16 bits per heavy atom. The smallest absolute Gasteiger partial charge is 0.328 e. The number of nitrogens with zero attached hydrogens (tertiary/aromatic N) is 2. The quantitative estimate of drug-likeness (QED) is 0.372. The second kappa shape index (κ2) is 12.3. The number of amides is 1. The van der Waals surface area contributed by atoms with Crippen molar-refractivity contribution in [3.63, 3.8) is 0 Å². The number of hydrogen-bond donors (Lipinski definition) is 0. The van der Waals surface area contributed by atoms with Crippen LogP contribution >= 0.6 is 0 Å². The third-order valence-corrected chi connectivity index (χ3v) is 6.87. The van der Waals surface area contributed by atoms with Crippen molar-refractivity contribution < 1.29 is 18.7 Å². The van der Waals surface area contributed by atoms with Gasteiger partial charge in [0.1, 0.15) is 11.9 Å². The van der Waals surface area contributed by atoms with E-state index in [-0.39, 0.29) is 17.8 Å². The van der Waals surface area contributed by atoms with E-state index >= 15 is 0 Å². The molecule has 0 aliphatic carbocycles. The maximum atomic E-state index is 14.0. The van der Waals surface area contributed by atoms with Gasteiger partial charge in [-0.1, -0.05) is 72.5 Å². The summed E-state index contributed by atoms with van der Waals surface area (Å²) in [5.41, 5.74) is 2.52. The normalized spacial score (nSPS) is 17.3. The van der Waals surface area contributed by atoms with E-state index in [1.807, 2.05) is 67.7 Å². The molecule has 190 valence electrons. The fraction of sp³-hybridized carbons (Fsp3) is 0.290. The Labute approximate surface area is 217 Å². The third-order valence-electron chi connectivity index (χ3n) is 6.87. The summed E-state index contributed by atoms with van der Waals surface area (Å²) in [4.78, 5) is 30.7. The largest absolute Gasteiger partial charge is 0.467 e. The van der Waals surface area contributed by atoms with Crippen molar-refractivity contribution in [2.45, 2.75) is 30.8 Å². The van der Waals surface area contributed by atoms with Crippen LogP contribution in [-0.4, -0.2) is 61.0 Å². The fourth-order valence-corrected chi connectivity index (χ4v) is 4.83. The zero-order chi connectivity index (χ0) is 26.2. The summed E-state index contributed by atoms with van der Waals surface area (Å²) in [5.74, 6) is 4.86. The minimum absolute atomic E-state index is 0.0579. The number of carbonyl (C=O) groups is 2. The summed E-state index contributed by atoms with van der Waals surface area (Å²) in [6.45, 7) is 0.926. The van der Waals surface area contributed by atoms with E-state index in [9.17, 15) is 14.0 Å². The molecule has 3 aromatic carbocycles. The van der Waals surface area contributed by atoms with Gasteiger partial charge in [-0.3, -0.25) is 9.69 Å². The molecule has 6 heteroatoms. The third kappa shape index (κ3) is 6.44. The van der Waals surface area contributed by atoms with Crippen molar-refractivity contribution in [2.24, 2.45) is 0 Å². The van der Waals surface area contributed by atoms with Crippen LogP contribution < -0.4 is 0 Å². The number of hydrogen-bond acceptors (Lipinski definition) is 4. The van der Waals surface area contributed by atoms with Crippen LogP contribution in [0.15, 0.2) is 84.9 Å². The molecule has 1 heterocycles. The van der Waals surface area contributed by atoms with Crippen molar-refractivity contribution in [1.82, 2.24) is 9.80 Å². The van der Waals surface area contributed by atoms with Gasteiger partial charge < -0.3 is 9.64 Å². The molecule has 1 amide bonds. The van der Waals surface area contributed by atoms with Gasteiger partial charge in [-0.2, -0.15) is 0 Å². The topological polar surface area (TPSA) is 49.9 Å². The number of benzene rings is 3. The summed E-state index contributed by atoms with van der Waals surface area (Å²) < 4.78 is 18.2.